The first-order valence-corrected chi connectivity index (χ1v) is 7.56. The molecule has 106 valence electrons. The van der Waals surface area contributed by atoms with E-state index in [0.717, 1.165) is 31.4 Å². The Labute approximate surface area is 120 Å². The van der Waals surface area contributed by atoms with Crippen molar-refractivity contribution in [3.05, 3.63) is 36.0 Å². The Hall–Kier alpha value is -1.61. The molecule has 0 spiro atoms. The molecule has 0 amide bonds. The molecule has 2 atom stereocenters. The van der Waals surface area contributed by atoms with Crippen molar-refractivity contribution < 1.29 is 0 Å². The molecule has 20 heavy (non-hydrogen) atoms. The average molecular weight is 269 g/mol. The van der Waals surface area contributed by atoms with Crippen molar-refractivity contribution in [2.45, 2.75) is 32.7 Å². The quantitative estimate of drug-likeness (QED) is 0.911. The lowest BCUT2D eigenvalue weighted by Crippen LogP contribution is -2.46. The fourth-order valence-corrected chi connectivity index (χ4v) is 3.37. The lowest BCUT2D eigenvalue weighted by atomic mass is 9.95. The van der Waals surface area contributed by atoms with Crippen molar-refractivity contribution in [3.63, 3.8) is 0 Å². The van der Waals surface area contributed by atoms with Crippen LogP contribution in [0.15, 0.2) is 30.5 Å². The van der Waals surface area contributed by atoms with Gasteiger partial charge in [0.15, 0.2) is 0 Å². The first kappa shape index (κ1) is 13.4. The fraction of sp³-hybridized carbons (Fsp3) is 0.471. The highest BCUT2D eigenvalue weighted by molar-refractivity contribution is 5.94. The summed E-state index contributed by atoms with van der Waals surface area (Å²) < 4.78 is 0. The monoisotopic (exact) mass is 269 g/mol. The van der Waals surface area contributed by atoms with E-state index in [1.165, 1.54) is 16.6 Å². The summed E-state index contributed by atoms with van der Waals surface area (Å²) in [5.41, 5.74) is 9.94. The first-order valence-electron chi connectivity index (χ1n) is 7.56. The van der Waals surface area contributed by atoms with Gasteiger partial charge in [-0.2, -0.15) is 0 Å². The Morgan fingerprint density at radius 2 is 2.15 bits per heavy atom. The minimum atomic E-state index is 0.274. The molecule has 1 fully saturated rings. The summed E-state index contributed by atoms with van der Waals surface area (Å²) in [7, 11) is 0. The van der Waals surface area contributed by atoms with Crippen LogP contribution in [-0.4, -0.2) is 24.1 Å². The van der Waals surface area contributed by atoms with Gasteiger partial charge in [-0.3, -0.25) is 4.98 Å². The van der Waals surface area contributed by atoms with E-state index in [-0.39, 0.29) is 6.04 Å². The molecule has 2 aromatic rings. The average Bonchev–Trinajstić information content (AvgIpc) is 2.45. The Balaban J connectivity index is 2.08. The topological polar surface area (TPSA) is 42.1 Å². The lowest BCUT2D eigenvalue weighted by molar-refractivity contribution is 0.402. The number of aryl methyl sites for hydroxylation is 1. The van der Waals surface area contributed by atoms with E-state index in [1.54, 1.807) is 0 Å². The molecule has 0 bridgehead atoms. The third kappa shape index (κ3) is 2.38. The zero-order valence-electron chi connectivity index (χ0n) is 12.3. The number of piperidine rings is 1. The summed E-state index contributed by atoms with van der Waals surface area (Å²) in [5.74, 6) is 0.649. The highest BCUT2D eigenvalue weighted by atomic mass is 15.2. The van der Waals surface area contributed by atoms with Gasteiger partial charge in [-0.15, -0.1) is 0 Å². The van der Waals surface area contributed by atoms with Crippen molar-refractivity contribution in [2.75, 3.05) is 18.0 Å². The van der Waals surface area contributed by atoms with E-state index in [4.69, 9.17) is 5.73 Å². The van der Waals surface area contributed by atoms with Crippen LogP contribution in [0.4, 0.5) is 5.69 Å². The summed E-state index contributed by atoms with van der Waals surface area (Å²) in [5, 5.41) is 1.26. The van der Waals surface area contributed by atoms with Gasteiger partial charge in [0.2, 0.25) is 0 Å². The van der Waals surface area contributed by atoms with Crippen molar-refractivity contribution >= 4 is 16.6 Å². The maximum Gasteiger partial charge on any atom is 0.0754 e. The number of fused-ring (bicyclic) bond motifs is 1. The van der Waals surface area contributed by atoms with Gasteiger partial charge < -0.3 is 10.6 Å². The highest BCUT2D eigenvalue weighted by Crippen LogP contribution is 2.31. The van der Waals surface area contributed by atoms with Gasteiger partial charge in [0.05, 0.1) is 5.52 Å². The largest absolute Gasteiger partial charge is 0.369 e. The molecule has 1 saturated heterocycles. The molecule has 2 heterocycles. The fourth-order valence-electron chi connectivity index (χ4n) is 3.37. The van der Waals surface area contributed by atoms with E-state index in [1.807, 2.05) is 12.3 Å². The molecule has 1 aromatic heterocycles. The van der Waals surface area contributed by atoms with Crippen LogP contribution in [0.2, 0.25) is 0 Å². The smallest absolute Gasteiger partial charge is 0.0754 e. The van der Waals surface area contributed by atoms with Gasteiger partial charge in [0, 0.05) is 36.4 Å². The standard InChI is InChI=1S/C17H23N3/c1-3-13-6-7-16(15-5-4-8-19-17(13)15)20-10-12(2)9-14(18)11-20/h4-8,12,14H,3,9-11,18H2,1-2H3/t12-,14+/m0/s1. The summed E-state index contributed by atoms with van der Waals surface area (Å²) in [6.45, 7) is 6.50. The van der Waals surface area contributed by atoms with E-state index >= 15 is 0 Å². The minimum Gasteiger partial charge on any atom is -0.369 e. The molecule has 0 aliphatic carbocycles. The van der Waals surface area contributed by atoms with Crippen molar-refractivity contribution in [1.82, 2.24) is 4.98 Å². The molecule has 1 aliphatic heterocycles. The third-order valence-electron chi connectivity index (χ3n) is 4.24. The summed E-state index contributed by atoms with van der Waals surface area (Å²) in [6.07, 6.45) is 4.03. The Bertz CT molecular complexity index is 598. The van der Waals surface area contributed by atoms with Crippen LogP contribution >= 0.6 is 0 Å². The molecule has 3 rings (SSSR count). The lowest BCUT2D eigenvalue weighted by Gasteiger charge is -2.37. The summed E-state index contributed by atoms with van der Waals surface area (Å²) >= 11 is 0. The molecule has 2 N–H and O–H groups in total. The molecule has 0 radical (unpaired) electrons. The number of aromatic nitrogens is 1. The second-order valence-electron chi connectivity index (χ2n) is 6.00. The molecular formula is C17H23N3. The highest BCUT2D eigenvalue weighted by Gasteiger charge is 2.23. The number of hydrogen-bond donors (Lipinski definition) is 1. The maximum atomic E-state index is 6.20. The van der Waals surface area contributed by atoms with Crippen LogP contribution in [0.25, 0.3) is 10.9 Å². The molecule has 1 aromatic carbocycles. The molecule has 1 aliphatic rings. The van der Waals surface area contributed by atoms with Gasteiger partial charge in [-0.25, -0.2) is 0 Å². The number of benzene rings is 1. The predicted octanol–water partition coefficient (Wildman–Crippen LogP) is 2.97. The number of rotatable bonds is 2. The summed E-state index contributed by atoms with van der Waals surface area (Å²) in [6, 6.07) is 8.94. The zero-order valence-corrected chi connectivity index (χ0v) is 12.3. The number of hydrogen-bond acceptors (Lipinski definition) is 3. The zero-order chi connectivity index (χ0) is 14.1. The van der Waals surface area contributed by atoms with Crippen LogP contribution in [0.5, 0.6) is 0 Å². The number of nitrogens with zero attached hydrogens (tertiary/aromatic N) is 2. The Morgan fingerprint density at radius 1 is 1.30 bits per heavy atom. The molecule has 0 saturated carbocycles. The van der Waals surface area contributed by atoms with Crippen LogP contribution in [0.3, 0.4) is 0 Å². The van der Waals surface area contributed by atoms with Gasteiger partial charge in [-0.05, 0) is 42.5 Å². The molecule has 3 heteroatoms. The van der Waals surface area contributed by atoms with E-state index < -0.39 is 0 Å². The van der Waals surface area contributed by atoms with Gasteiger partial charge in [0.1, 0.15) is 0 Å². The minimum absolute atomic E-state index is 0.274. The van der Waals surface area contributed by atoms with Gasteiger partial charge in [-0.1, -0.05) is 19.9 Å². The van der Waals surface area contributed by atoms with E-state index in [0.29, 0.717) is 5.92 Å². The predicted molar refractivity (Wildman–Crippen MR) is 85.1 cm³/mol. The second kappa shape index (κ2) is 5.41. The van der Waals surface area contributed by atoms with Gasteiger partial charge >= 0.3 is 0 Å². The maximum absolute atomic E-state index is 6.20. The van der Waals surface area contributed by atoms with Gasteiger partial charge in [0.25, 0.3) is 0 Å². The summed E-state index contributed by atoms with van der Waals surface area (Å²) in [4.78, 5) is 7.02. The van der Waals surface area contributed by atoms with Crippen LogP contribution in [0, 0.1) is 5.92 Å². The van der Waals surface area contributed by atoms with E-state index in [2.05, 4.69) is 41.9 Å². The molecule has 0 unspecified atom stereocenters. The van der Waals surface area contributed by atoms with Crippen LogP contribution in [0.1, 0.15) is 25.8 Å². The molecule has 3 nitrogen and oxygen atoms in total. The number of pyridine rings is 1. The molecular weight excluding hydrogens is 246 g/mol. The van der Waals surface area contributed by atoms with E-state index in [9.17, 15) is 0 Å². The third-order valence-corrected chi connectivity index (χ3v) is 4.24. The number of nitrogens with two attached hydrogens (primary N) is 1. The first-order chi connectivity index (χ1) is 9.69. The van der Waals surface area contributed by atoms with Crippen LogP contribution < -0.4 is 10.6 Å². The van der Waals surface area contributed by atoms with Crippen LogP contribution in [-0.2, 0) is 6.42 Å². The number of anilines is 1. The Kier molecular flexibility index (Phi) is 3.62. The van der Waals surface area contributed by atoms with Crippen molar-refractivity contribution in [2.24, 2.45) is 11.7 Å². The SMILES string of the molecule is CCc1ccc(N2C[C@@H](C)C[C@@H](N)C2)c2cccnc12. The van der Waals surface area contributed by atoms with Crippen molar-refractivity contribution in [3.8, 4) is 0 Å². The normalized spacial score (nSPS) is 23.2. The Morgan fingerprint density at radius 3 is 2.90 bits per heavy atom. The van der Waals surface area contributed by atoms with Crippen molar-refractivity contribution in [1.29, 1.82) is 0 Å². The second-order valence-corrected chi connectivity index (χ2v) is 6.00.